The number of hydrogen-bond acceptors (Lipinski definition) is 14. The van der Waals surface area contributed by atoms with Crippen LogP contribution in [0, 0.1) is 0 Å². The maximum atomic E-state index is 13.0. The minimum absolute atomic E-state index is 0.0383. The molecule has 5 unspecified atom stereocenters. The van der Waals surface area contributed by atoms with E-state index in [4.69, 9.17) is 32.3 Å². The molecule has 0 heterocycles. The van der Waals surface area contributed by atoms with E-state index in [1.807, 2.05) is 0 Å². The highest BCUT2D eigenvalue weighted by Crippen LogP contribution is 2.45. The van der Waals surface area contributed by atoms with Gasteiger partial charge in [0.05, 0.1) is 26.4 Å². The van der Waals surface area contributed by atoms with Crippen molar-refractivity contribution in [2.75, 3.05) is 39.6 Å². The van der Waals surface area contributed by atoms with Crippen molar-refractivity contribution in [2.24, 2.45) is 0 Å². The van der Waals surface area contributed by atoms with Crippen molar-refractivity contribution in [1.82, 2.24) is 0 Å². The molecular formula is C91H146O16P2. The van der Waals surface area contributed by atoms with Gasteiger partial charge in [-0.25, -0.2) is 9.13 Å². The molecule has 0 radical (unpaired) electrons. The number of carbonyl (C=O) groups excluding carboxylic acids is 3. The van der Waals surface area contributed by atoms with Gasteiger partial charge in [-0.1, -0.05) is 311 Å². The predicted molar refractivity (Wildman–Crippen MR) is 454 cm³/mol. The fraction of sp³-hybridized carbons (Fsp3) is 0.593. The average molecular weight is 1560 g/mol. The van der Waals surface area contributed by atoms with Crippen molar-refractivity contribution in [3.05, 3.63) is 207 Å². The van der Waals surface area contributed by atoms with E-state index >= 15 is 0 Å². The summed E-state index contributed by atoms with van der Waals surface area (Å²) in [6.07, 6.45) is 109. The van der Waals surface area contributed by atoms with Crippen molar-refractivity contribution in [1.29, 1.82) is 0 Å². The number of rotatable bonds is 76. The Balaban J connectivity index is 4.70. The lowest BCUT2D eigenvalue weighted by molar-refractivity contribution is -0.161. The number of ether oxygens (including phenoxy) is 3. The standard InChI is InChI=1S/C91H146O16P2/c1-4-7-10-13-16-19-22-25-28-31-34-37-39-40-41-42-43-44-46-49-50-53-56-59-62-65-68-71-74-77-89(94)101-80-86(92)81-103-108(97,98)104-82-87(93)83-105-109(99,100)106-85-88(107-91(96)79-76-73-70-67-64-61-58-55-52-47-36-33-30-27-24-21-18-15-12-9-6-3)84-102-90(95)78-75-72-69-66-63-60-57-54-51-48-45-38-35-32-29-26-23-20-17-14-11-8-5-2/h7-12,16-21,25-30,34-38,40-41,43-44,47-48,51,55,58,64,67,86-88,92-93H,4-6,13-15,22-24,31-33,39,42,45-46,49-50,52-54,56-57,59-63,65-66,68-85H2,1-3H3,(H,97,98)(H,99,100)/b10-7-,11-8-,12-9-,19-16-,20-17-,21-18-,28-25-,29-26-,30-27-,37-34-,38-35-,41-40-,44-43-,47-36-,51-48-,58-55-,67-64-. The molecule has 0 aliphatic carbocycles. The summed E-state index contributed by atoms with van der Waals surface area (Å²) in [6, 6.07) is 0. The third-order valence-electron chi connectivity index (χ3n) is 16.5. The number of hydrogen-bond donors (Lipinski definition) is 4. The normalized spacial score (nSPS) is 15.0. The van der Waals surface area contributed by atoms with Crippen LogP contribution >= 0.6 is 15.6 Å². The SMILES string of the molecule is CC/C=C\C/C=C\C/C=C\C/C=C\C/C=C\C/C=C\CCCCCCCCCCCCC(=O)OCC(O)COP(=O)(O)OCC(O)COP(=O)(O)OCC(COC(=O)CCCCCCCCC/C=C\C/C=C\C/C=C\C/C=C\C/C=C\CC)OC(=O)CCCC/C=C\C/C=C\C/C=C\C/C=C\C/C=C\C/C=C\CC. The molecular weight excluding hydrogens is 1410 g/mol. The zero-order valence-electron chi connectivity index (χ0n) is 67.4. The van der Waals surface area contributed by atoms with Crippen LogP contribution < -0.4 is 0 Å². The molecule has 0 bridgehead atoms. The first-order valence-corrected chi connectivity index (χ1v) is 44.4. The Kier molecular flexibility index (Phi) is 77.2. The Morgan fingerprint density at radius 2 is 0.459 bits per heavy atom. The molecule has 16 nitrogen and oxygen atoms in total. The molecule has 109 heavy (non-hydrogen) atoms. The largest absolute Gasteiger partial charge is 0.472 e. The first kappa shape index (κ1) is 103. The summed E-state index contributed by atoms with van der Waals surface area (Å²) in [5, 5.41) is 20.7. The number of aliphatic hydroxyl groups excluding tert-OH is 2. The topological polar surface area (TPSA) is 231 Å². The Bertz CT molecular complexity index is 2810. The van der Waals surface area contributed by atoms with Gasteiger partial charge in [-0.3, -0.25) is 32.5 Å². The molecule has 0 fully saturated rings. The molecule has 0 saturated heterocycles. The van der Waals surface area contributed by atoms with E-state index in [0.717, 1.165) is 193 Å². The van der Waals surface area contributed by atoms with Gasteiger partial charge in [0, 0.05) is 19.3 Å². The fourth-order valence-electron chi connectivity index (χ4n) is 10.3. The first-order chi connectivity index (χ1) is 53.2. The lowest BCUT2D eigenvalue weighted by Gasteiger charge is -2.21. The van der Waals surface area contributed by atoms with Crippen LogP contribution in [0.25, 0.3) is 0 Å². The van der Waals surface area contributed by atoms with Gasteiger partial charge in [-0.05, 0) is 167 Å². The van der Waals surface area contributed by atoms with Gasteiger partial charge >= 0.3 is 33.6 Å². The van der Waals surface area contributed by atoms with Crippen LogP contribution in [0.1, 0.15) is 290 Å². The summed E-state index contributed by atoms with van der Waals surface area (Å²) in [5.41, 5.74) is 0. The number of carbonyl (C=O) groups is 3. The summed E-state index contributed by atoms with van der Waals surface area (Å²) < 4.78 is 61.2. The van der Waals surface area contributed by atoms with Crippen molar-refractivity contribution >= 4 is 33.6 Å². The summed E-state index contributed by atoms with van der Waals surface area (Å²) in [5.74, 6) is -1.66. The van der Waals surface area contributed by atoms with E-state index in [2.05, 4.69) is 227 Å². The molecule has 0 spiro atoms. The van der Waals surface area contributed by atoms with E-state index in [0.29, 0.717) is 25.7 Å². The maximum Gasteiger partial charge on any atom is 0.472 e. The summed E-state index contributed by atoms with van der Waals surface area (Å²) in [6.45, 7) is 2.25. The van der Waals surface area contributed by atoms with Crippen molar-refractivity contribution in [3.63, 3.8) is 0 Å². The van der Waals surface area contributed by atoms with Gasteiger partial charge in [0.25, 0.3) is 0 Å². The van der Waals surface area contributed by atoms with Crippen LogP contribution in [0.4, 0.5) is 0 Å². The number of phosphoric acid groups is 2. The summed E-state index contributed by atoms with van der Waals surface area (Å²) in [7, 11) is -9.84. The van der Waals surface area contributed by atoms with Crippen LogP contribution in [-0.4, -0.2) is 95.9 Å². The van der Waals surface area contributed by atoms with Crippen LogP contribution in [0.5, 0.6) is 0 Å². The van der Waals surface area contributed by atoms with Gasteiger partial charge in [0.1, 0.15) is 25.4 Å². The zero-order chi connectivity index (χ0) is 79.4. The van der Waals surface area contributed by atoms with Gasteiger partial charge in [0.15, 0.2) is 6.10 Å². The van der Waals surface area contributed by atoms with E-state index in [9.17, 15) is 43.5 Å². The third-order valence-corrected chi connectivity index (χ3v) is 18.4. The molecule has 0 aromatic carbocycles. The first-order valence-electron chi connectivity index (χ1n) is 41.4. The molecule has 0 aliphatic rings. The lowest BCUT2D eigenvalue weighted by atomic mass is 10.1. The molecule has 0 amide bonds. The molecule has 4 N–H and O–H groups in total. The van der Waals surface area contributed by atoms with Crippen molar-refractivity contribution in [3.8, 4) is 0 Å². The van der Waals surface area contributed by atoms with Gasteiger partial charge in [-0.2, -0.15) is 0 Å². The zero-order valence-corrected chi connectivity index (χ0v) is 69.2. The van der Waals surface area contributed by atoms with E-state index in [1.165, 1.54) is 32.1 Å². The van der Waals surface area contributed by atoms with Crippen LogP contribution in [0.3, 0.4) is 0 Å². The average Bonchev–Trinajstić information content (AvgIpc) is 0.905. The van der Waals surface area contributed by atoms with Crippen molar-refractivity contribution in [2.45, 2.75) is 309 Å². The van der Waals surface area contributed by atoms with Crippen LogP contribution in [0.15, 0.2) is 207 Å². The number of esters is 3. The highest BCUT2D eigenvalue weighted by Gasteiger charge is 2.29. The minimum atomic E-state index is -4.96. The van der Waals surface area contributed by atoms with Gasteiger partial charge in [-0.15, -0.1) is 0 Å². The predicted octanol–water partition coefficient (Wildman–Crippen LogP) is 24.9. The minimum Gasteiger partial charge on any atom is -0.463 e. The Hall–Kier alpha value is -5.87. The highest BCUT2D eigenvalue weighted by molar-refractivity contribution is 7.47. The van der Waals surface area contributed by atoms with Gasteiger partial charge in [0.2, 0.25) is 0 Å². The molecule has 616 valence electrons. The number of unbranched alkanes of at least 4 members (excludes halogenated alkanes) is 19. The second-order valence-electron chi connectivity index (χ2n) is 26.8. The molecule has 18 heteroatoms. The fourth-order valence-corrected chi connectivity index (χ4v) is 11.9. The lowest BCUT2D eigenvalue weighted by Crippen LogP contribution is -2.30. The van der Waals surface area contributed by atoms with Crippen LogP contribution in [0.2, 0.25) is 0 Å². The summed E-state index contributed by atoms with van der Waals surface area (Å²) >= 11 is 0. The second kappa shape index (κ2) is 81.6. The summed E-state index contributed by atoms with van der Waals surface area (Å²) in [4.78, 5) is 58.8. The smallest absolute Gasteiger partial charge is 0.463 e. The number of phosphoric ester groups is 2. The monoisotopic (exact) mass is 1560 g/mol. The second-order valence-corrected chi connectivity index (χ2v) is 29.7. The Morgan fingerprint density at radius 1 is 0.257 bits per heavy atom. The van der Waals surface area contributed by atoms with Crippen molar-refractivity contribution < 1.29 is 75.8 Å². The highest BCUT2D eigenvalue weighted by atomic mass is 31.2. The molecule has 5 atom stereocenters. The van der Waals surface area contributed by atoms with Crippen LogP contribution in [-0.2, 0) is 55.8 Å². The molecule has 0 saturated carbocycles. The Morgan fingerprint density at radius 3 is 0.743 bits per heavy atom. The Labute approximate surface area is 660 Å². The molecule has 0 rings (SSSR count). The van der Waals surface area contributed by atoms with E-state index < -0.39 is 91.5 Å². The number of allylic oxidation sites excluding steroid dienone is 34. The number of aliphatic hydroxyl groups is 2. The molecule has 0 aromatic heterocycles. The van der Waals surface area contributed by atoms with Gasteiger partial charge < -0.3 is 34.2 Å². The maximum absolute atomic E-state index is 13.0. The quantitative estimate of drug-likeness (QED) is 0.0146. The molecule has 0 aliphatic heterocycles. The third kappa shape index (κ3) is 82.9. The molecule has 0 aromatic rings. The van der Waals surface area contributed by atoms with E-state index in [-0.39, 0.29) is 19.3 Å². The van der Waals surface area contributed by atoms with E-state index in [1.54, 1.807) is 0 Å².